The molecule has 0 saturated carbocycles. The minimum absolute atomic E-state index is 1.09. The Kier molecular flexibility index (Phi) is 14.4. The first-order chi connectivity index (χ1) is 29.3. The predicted octanol–water partition coefficient (Wildman–Crippen LogP) is 17.3. The van der Waals surface area contributed by atoms with Crippen LogP contribution in [0.2, 0.25) is 0 Å². The molecular weight excluding hydrogens is 725 g/mol. The number of hydrogen-bond donors (Lipinski definition) is 2. The van der Waals surface area contributed by atoms with E-state index in [1.807, 2.05) is 0 Å². The van der Waals surface area contributed by atoms with Crippen LogP contribution in [0.5, 0.6) is 0 Å². The molecule has 2 N–H and O–H groups in total. The highest BCUT2D eigenvalue weighted by Crippen LogP contribution is 2.39. The highest BCUT2D eigenvalue weighted by Gasteiger charge is 2.17. The monoisotopic (exact) mass is 789 g/mol. The van der Waals surface area contributed by atoms with E-state index in [1.165, 1.54) is 129 Å². The van der Waals surface area contributed by atoms with Gasteiger partial charge in [0.05, 0.1) is 0 Å². The average Bonchev–Trinajstić information content (AvgIpc) is 3.25. The molecule has 0 fully saturated rings. The summed E-state index contributed by atoms with van der Waals surface area (Å²) in [7, 11) is 0. The lowest BCUT2D eigenvalue weighted by Gasteiger charge is -2.21. The first-order valence-electron chi connectivity index (χ1n) is 22.5. The molecule has 0 aliphatic carbocycles. The molecule has 60 heavy (non-hydrogen) atoms. The first-order valence-corrected chi connectivity index (χ1v) is 22.5. The van der Waals surface area contributed by atoms with E-state index >= 15 is 0 Å². The maximum absolute atomic E-state index is 3.72. The lowest BCUT2D eigenvalue weighted by atomic mass is 9.85. The molecule has 7 rings (SSSR count). The second-order valence-corrected chi connectivity index (χ2v) is 16.9. The Bertz CT molecular complexity index is 2320. The Balaban J connectivity index is 1.19. The number of anilines is 4. The van der Waals surface area contributed by atoms with Crippen LogP contribution in [0, 0.1) is 27.7 Å². The van der Waals surface area contributed by atoms with Gasteiger partial charge in [0, 0.05) is 22.7 Å². The second-order valence-electron chi connectivity index (χ2n) is 16.9. The maximum atomic E-state index is 3.72. The summed E-state index contributed by atoms with van der Waals surface area (Å²) >= 11 is 0. The first kappa shape index (κ1) is 42.3. The third-order valence-electron chi connectivity index (χ3n) is 12.2. The third kappa shape index (κ3) is 10.5. The van der Waals surface area contributed by atoms with Gasteiger partial charge in [-0.05, 0) is 180 Å². The quantitative estimate of drug-likeness (QED) is 0.0847. The van der Waals surface area contributed by atoms with Gasteiger partial charge in [-0.1, -0.05) is 149 Å². The Labute approximate surface area is 361 Å². The number of hydrogen-bond acceptors (Lipinski definition) is 2. The van der Waals surface area contributed by atoms with Gasteiger partial charge in [-0.15, -0.1) is 0 Å². The van der Waals surface area contributed by atoms with Crippen molar-refractivity contribution in [3.8, 4) is 44.5 Å². The van der Waals surface area contributed by atoms with E-state index in [2.05, 4.69) is 198 Å². The molecule has 0 saturated heterocycles. The van der Waals surface area contributed by atoms with Crippen molar-refractivity contribution in [3.63, 3.8) is 0 Å². The largest absolute Gasteiger partial charge is 0.356 e. The molecule has 0 aliphatic rings. The lowest BCUT2D eigenvalue weighted by molar-refractivity contribution is 0.664. The molecule has 0 unspecified atom stereocenters. The average molecular weight is 789 g/mol. The molecule has 306 valence electrons. The van der Waals surface area contributed by atoms with Crippen molar-refractivity contribution in [2.75, 3.05) is 10.6 Å². The minimum atomic E-state index is 1.09. The van der Waals surface area contributed by atoms with Gasteiger partial charge >= 0.3 is 0 Å². The molecule has 0 aliphatic heterocycles. The van der Waals surface area contributed by atoms with E-state index in [-0.39, 0.29) is 0 Å². The topological polar surface area (TPSA) is 24.1 Å². The molecule has 0 amide bonds. The zero-order chi connectivity index (χ0) is 41.8. The third-order valence-corrected chi connectivity index (χ3v) is 12.2. The Morgan fingerprint density at radius 2 is 0.650 bits per heavy atom. The Hall–Kier alpha value is -5.86. The summed E-state index contributed by atoms with van der Waals surface area (Å²) in [4.78, 5) is 0. The van der Waals surface area contributed by atoms with Gasteiger partial charge in [0.15, 0.2) is 0 Å². The van der Waals surface area contributed by atoms with E-state index in [0.717, 1.165) is 35.6 Å². The maximum Gasteiger partial charge on any atom is 0.0387 e. The number of nitrogens with one attached hydrogen (secondary N) is 2. The van der Waals surface area contributed by atoms with Crippen LogP contribution >= 0.6 is 0 Å². The SMILES string of the molecule is CCCCCCc1cc(-c2ccc(Nc3ccc(-c4ccccc4)c(C)c3)cc2C)c(CCCCCC)cc1-c1ccc(Nc2ccc(-c3ccccc3)c(C)c2)cc1C. The van der Waals surface area contributed by atoms with Crippen LogP contribution in [-0.2, 0) is 12.8 Å². The predicted molar refractivity (Wildman–Crippen MR) is 262 cm³/mol. The molecule has 0 bridgehead atoms. The fraction of sp³-hybridized carbons (Fsp3) is 0.276. The van der Waals surface area contributed by atoms with Gasteiger partial charge < -0.3 is 10.6 Å². The summed E-state index contributed by atoms with van der Waals surface area (Å²) in [5.74, 6) is 0. The van der Waals surface area contributed by atoms with Gasteiger partial charge in [-0.2, -0.15) is 0 Å². The van der Waals surface area contributed by atoms with Gasteiger partial charge in [-0.3, -0.25) is 0 Å². The summed E-state index contributed by atoms with van der Waals surface area (Å²) in [5, 5.41) is 7.44. The van der Waals surface area contributed by atoms with Crippen molar-refractivity contribution < 1.29 is 0 Å². The smallest absolute Gasteiger partial charge is 0.0387 e. The lowest BCUT2D eigenvalue weighted by Crippen LogP contribution is -2.01. The van der Waals surface area contributed by atoms with Crippen molar-refractivity contribution in [2.45, 2.75) is 106 Å². The van der Waals surface area contributed by atoms with Gasteiger partial charge in [0.1, 0.15) is 0 Å². The molecule has 2 heteroatoms. The van der Waals surface area contributed by atoms with Crippen LogP contribution < -0.4 is 10.6 Å². The standard InChI is InChI=1S/C58H64N2/c1-7-9-11-15-25-47-39-58(56-34-30-52(38-44(56)6)60-50-28-32-54(42(4)36-50)46-23-19-14-20-24-46)48(26-16-12-10-8-2)40-57(47)55-33-29-51(37-43(55)5)59-49-27-31-53(41(3)35-49)45-21-17-13-18-22-45/h13-14,17-24,27-40,59-60H,7-12,15-16,25-26H2,1-6H3. The summed E-state index contributed by atoms with van der Waals surface area (Å²) < 4.78 is 0. The summed E-state index contributed by atoms with van der Waals surface area (Å²) in [5.41, 5.74) is 23.1. The van der Waals surface area contributed by atoms with E-state index in [9.17, 15) is 0 Å². The summed E-state index contributed by atoms with van der Waals surface area (Å²) in [6, 6.07) is 53.8. The van der Waals surface area contributed by atoms with Gasteiger partial charge in [-0.25, -0.2) is 0 Å². The summed E-state index contributed by atoms with van der Waals surface area (Å²) in [6.07, 6.45) is 12.2. The zero-order valence-electron chi connectivity index (χ0n) is 36.9. The number of aryl methyl sites for hydroxylation is 6. The Morgan fingerprint density at radius 3 is 0.967 bits per heavy atom. The molecule has 7 aromatic rings. The van der Waals surface area contributed by atoms with Crippen molar-refractivity contribution in [3.05, 3.63) is 179 Å². The van der Waals surface area contributed by atoms with E-state index in [1.54, 1.807) is 0 Å². The molecule has 0 aromatic heterocycles. The highest BCUT2D eigenvalue weighted by atomic mass is 14.9. The van der Waals surface area contributed by atoms with Crippen molar-refractivity contribution in [2.24, 2.45) is 0 Å². The van der Waals surface area contributed by atoms with Crippen molar-refractivity contribution in [1.29, 1.82) is 0 Å². The van der Waals surface area contributed by atoms with Crippen LogP contribution in [-0.4, -0.2) is 0 Å². The number of benzene rings is 7. The van der Waals surface area contributed by atoms with Crippen LogP contribution in [0.4, 0.5) is 22.7 Å². The Morgan fingerprint density at radius 1 is 0.317 bits per heavy atom. The van der Waals surface area contributed by atoms with Crippen LogP contribution in [0.3, 0.4) is 0 Å². The van der Waals surface area contributed by atoms with Gasteiger partial charge in [0.2, 0.25) is 0 Å². The molecule has 0 spiro atoms. The summed E-state index contributed by atoms with van der Waals surface area (Å²) in [6.45, 7) is 13.6. The molecule has 0 heterocycles. The second kappa shape index (κ2) is 20.4. The van der Waals surface area contributed by atoms with E-state index in [4.69, 9.17) is 0 Å². The van der Waals surface area contributed by atoms with Crippen LogP contribution in [0.1, 0.15) is 98.6 Å². The van der Waals surface area contributed by atoms with Crippen molar-refractivity contribution >= 4 is 22.7 Å². The van der Waals surface area contributed by atoms with E-state index < -0.39 is 0 Å². The normalized spacial score (nSPS) is 11.2. The van der Waals surface area contributed by atoms with Crippen LogP contribution in [0.25, 0.3) is 44.5 Å². The number of rotatable bonds is 18. The van der Waals surface area contributed by atoms with Crippen LogP contribution in [0.15, 0.2) is 146 Å². The fourth-order valence-electron chi connectivity index (χ4n) is 8.88. The van der Waals surface area contributed by atoms with E-state index in [0.29, 0.717) is 0 Å². The minimum Gasteiger partial charge on any atom is -0.356 e. The molecule has 7 aromatic carbocycles. The van der Waals surface area contributed by atoms with Crippen molar-refractivity contribution in [1.82, 2.24) is 0 Å². The molecular formula is C58H64N2. The van der Waals surface area contributed by atoms with Gasteiger partial charge in [0.25, 0.3) is 0 Å². The zero-order valence-corrected chi connectivity index (χ0v) is 36.9. The fourth-order valence-corrected chi connectivity index (χ4v) is 8.88. The number of unbranched alkanes of at least 4 members (excludes halogenated alkanes) is 6. The molecule has 0 atom stereocenters. The highest BCUT2D eigenvalue weighted by molar-refractivity contribution is 5.82. The molecule has 2 nitrogen and oxygen atoms in total. The molecule has 0 radical (unpaired) electrons.